The van der Waals surface area contributed by atoms with E-state index >= 15 is 0 Å². The molecule has 2 rings (SSSR count). The minimum Gasteiger partial charge on any atom is -0.296 e. The Morgan fingerprint density at radius 3 is 3.13 bits per heavy atom. The van der Waals surface area contributed by atoms with Crippen molar-refractivity contribution in [2.24, 2.45) is 0 Å². The molecular weight excluding hydrogens is 236 g/mol. The summed E-state index contributed by atoms with van der Waals surface area (Å²) in [5.74, 6) is -0.288. The number of aromatic nitrogens is 2. The maximum atomic E-state index is 11.8. The lowest BCUT2D eigenvalue weighted by atomic mass is 10.4. The molecule has 0 unspecified atom stereocenters. The van der Waals surface area contributed by atoms with E-state index in [2.05, 4.69) is 4.98 Å². The number of alkyl halides is 1. The molecule has 0 bridgehead atoms. The molecule has 0 spiro atoms. The minimum absolute atomic E-state index is 0.0128. The van der Waals surface area contributed by atoms with Gasteiger partial charge in [0.15, 0.2) is 5.78 Å². The van der Waals surface area contributed by atoms with Gasteiger partial charge >= 0.3 is 0 Å². The molecule has 0 atom stereocenters. The third-order valence-corrected chi connectivity index (χ3v) is 3.07. The van der Waals surface area contributed by atoms with Crippen LogP contribution in [0.3, 0.4) is 0 Å². The van der Waals surface area contributed by atoms with Crippen molar-refractivity contribution in [3.63, 3.8) is 0 Å². The van der Waals surface area contributed by atoms with E-state index in [0.29, 0.717) is 10.2 Å². The average molecular weight is 243 g/mol. The summed E-state index contributed by atoms with van der Waals surface area (Å²) in [6.45, 7) is -0.0128. The van der Waals surface area contributed by atoms with Gasteiger partial charge in [-0.3, -0.25) is 14.2 Å². The van der Waals surface area contributed by atoms with E-state index in [9.17, 15) is 9.59 Å². The molecule has 2 aromatic heterocycles. The number of rotatable bonds is 3. The number of fused-ring (bicyclic) bond motifs is 1. The van der Waals surface area contributed by atoms with Crippen LogP contribution < -0.4 is 5.56 Å². The van der Waals surface area contributed by atoms with Gasteiger partial charge in [-0.25, -0.2) is 4.98 Å². The molecule has 2 aromatic rings. The quantitative estimate of drug-likeness (QED) is 0.762. The van der Waals surface area contributed by atoms with Crippen LogP contribution in [0.5, 0.6) is 0 Å². The molecule has 0 aliphatic heterocycles. The molecule has 0 aliphatic rings. The van der Waals surface area contributed by atoms with Crippen molar-refractivity contribution >= 4 is 38.9 Å². The summed E-state index contributed by atoms with van der Waals surface area (Å²) in [5, 5.41) is 2.34. The maximum Gasteiger partial charge on any atom is 0.262 e. The number of ketones is 1. The second-order valence-corrected chi connectivity index (χ2v) is 4.15. The van der Waals surface area contributed by atoms with Gasteiger partial charge in [0.2, 0.25) is 0 Å². The van der Waals surface area contributed by atoms with Crippen LogP contribution in [0.4, 0.5) is 0 Å². The van der Waals surface area contributed by atoms with E-state index in [1.807, 2.05) is 0 Å². The van der Waals surface area contributed by atoms with Crippen LogP contribution in [-0.4, -0.2) is 21.2 Å². The van der Waals surface area contributed by atoms with Crippen LogP contribution >= 0.6 is 22.9 Å². The van der Waals surface area contributed by atoms with Crippen LogP contribution in [-0.2, 0) is 11.3 Å². The van der Waals surface area contributed by atoms with Crippen LogP contribution in [0, 0.1) is 0 Å². The van der Waals surface area contributed by atoms with E-state index in [1.54, 1.807) is 11.4 Å². The first kappa shape index (κ1) is 10.3. The van der Waals surface area contributed by atoms with Crippen LogP contribution in [0.1, 0.15) is 0 Å². The number of thiophene rings is 1. The molecule has 0 aromatic carbocycles. The van der Waals surface area contributed by atoms with Crippen molar-refractivity contribution in [2.45, 2.75) is 6.54 Å². The van der Waals surface area contributed by atoms with Gasteiger partial charge in [0.25, 0.3) is 5.56 Å². The number of hydrogen-bond acceptors (Lipinski definition) is 4. The molecule has 0 amide bonds. The normalized spacial score (nSPS) is 10.7. The van der Waals surface area contributed by atoms with Crippen molar-refractivity contribution in [3.05, 3.63) is 28.1 Å². The highest BCUT2D eigenvalue weighted by atomic mass is 35.5. The lowest BCUT2D eigenvalue weighted by Gasteiger charge is -2.01. The molecule has 78 valence electrons. The molecule has 0 saturated carbocycles. The van der Waals surface area contributed by atoms with Gasteiger partial charge in [-0.2, -0.15) is 0 Å². The summed E-state index contributed by atoms with van der Waals surface area (Å²) in [6.07, 6.45) is 1.38. The predicted octanol–water partition coefficient (Wildman–Crippen LogP) is 1.27. The van der Waals surface area contributed by atoms with Crippen molar-refractivity contribution < 1.29 is 4.79 Å². The van der Waals surface area contributed by atoms with Gasteiger partial charge in [0.05, 0.1) is 24.1 Å². The molecule has 6 heteroatoms. The number of Topliss-reactive ketones (excluding diaryl/α,β-unsaturated/α-hetero) is 1. The van der Waals surface area contributed by atoms with Gasteiger partial charge in [-0.05, 0) is 11.4 Å². The summed E-state index contributed by atoms with van der Waals surface area (Å²) >= 11 is 6.77. The Bertz CT molecular complexity index is 560. The number of carbonyl (C=O) groups excluding carboxylic acids is 1. The van der Waals surface area contributed by atoms with Crippen LogP contribution in [0.15, 0.2) is 22.6 Å². The number of nitrogens with zero attached hydrogens (tertiary/aromatic N) is 2. The molecule has 0 saturated heterocycles. The second kappa shape index (κ2) is 4.12. The smallest absolute Gasteiger partial charge is 0.262 e. The molecule has 0 fully saturated rings. The van der Waals surface area contributed by atoms with Gasteiger partial charge in [-0.1, -0.05) is 0 Å². The zero-order valence-electron chi connectivity index (χ0n) is 7.64. The summed E-state index contributed by atoms with van der Waals surface area (Å²) in [4.78, 5) is 27.6. The fourth-order valence-corrected chi connectivity index (χ4v) is 2.05. The highest BCUT2D eigenvalue weighted by molar-refractivity contribution is 7.16. The Morgan fingerprint density at radius 1 is 1.60 bits per heavy atom. The minimum atomic E-state index is -0.199. The first-order valence-electron chi connectivity index (χ1n) is 4.22. The van der Waals surface area contributed by atoms with E-state index in [-0.39, 0.29) is 23.8 Å². The zero-order chi connectivity index (χ0) is 10.8. The molecule has 0 N–H and O–H groups in total. The van der Waals surface area contributed by atoms with Crippen molar-refractivity contribution in [2.75, 3.05) is 5.88 Å². The lowest BCUT2D eigenvalue weighted by Crippen LogP contribution is -2.24. The van der Waals surface area contributed by atoms with Gasteiger partial charge in [0, 0.05) is 0 Å². The van der Waals surface area contributed by atoms with Gasteiger partial charge in [-0.15, -0.1) is 22.9 Å². The SMILES string of the molecule is O=C(CCl)Cn1cnc2sccc2c1=O. The third kappa shape index (κ3) is 1.93. The highest BCUT2D eigenvalue weighted by Gasteiger charge is 2.07. The molecular formula is C9H7ClN2O2S. The number of hydrogen-bond donors (Lipinski definition) is 0. The highest BCUT2D eigenvalue weighted by Crippen LogP contribution is 2.13. The van der Waals surface area contributed by atoms with Crippen LogP contribution in [0.25, 0.3) is 10.2 Å². The van der Waals surface area contributed by atoms with E-state index in [4.69, 9.17) is 11.6 Å². The summed E-state index contributed by atoms with van der Waals surface area (Å²) in [6, 6.07) is 1.71. The van der Waals surface area contributed by atoms with E-state index in [1.165, 1.54) is 22.2 Å². The topological polar surface area (TPSA) is 52.0 Å². The average Bonchev–Trinajstić information content (AvgIpc) is 2.70. The fourth-order valence-electron chi connectivity index (χ4n) is 1.24. The number of halogens is 1. The summed E-state index contributed by atoms with van der Waals surface area (Å²) in [7, 11) is 0. The zero-order valence-corrected chi connectivity index (χ0v) is 9.22. The monoisotopic (exact) mass is 242 g/mol. The second-order valence-electron chi connectivity index (χ2n) is 2.99. The lowest BCUT2D eigenvalue weighted by molar-refractivity contribution is -0.117. The maximum absolute atomic E-state index is 11.8. The Morgan fingerprint density at radius 2 is 2.40 bits per heavy atom. The summed E-state index contributed by atoms with van der Waals surface area (Å²) < 4.78 is 1.28. The van der Waals surface area contributed by atoms with Gasteiger partial charge in [0.1, 0.15) is 4.83 Å². The predicted molar refractivity (Wildman–Crippen MR) is 59.6 cm³/mol. The van der Waals surface area contributed by atoms with Crippen LogP contribution in [0.2, 0.25) is 0 Å². The third-order valence-electron chi connectivity index (χ3n) is 1.95. The summed E-state index contributed by atoms with van der Waals surface area (Å²) in [5.41, 5.74) is -0.195. The molecule has 2 heterocycles. The Balaban J connectivity index is 2.48. The largest absolute Gasteiger partial charge is 0.296 e. The molecule has 0 radical (unpaired) electrons. The first-order chi connectivity index (χ1) is 7.22. The van der Waals surface area contributed by atoms with Gasteiger partial charge < -0.3 is 0 Å². The van der Waals surface area contributed by atoms with E-state index in [0.717, 1.165) is 0 Å². The molecule has 0 aliphatic carbocycles. The van der Waals surface area contributed by atoms with E-state index < -0.39 is 0 Å². The van der Waals surface area contributed by atoms with Crippen molar-refractivity contribution in [1.82, 2.24) is 9.55 Å². The molecule has 4 nitrogen and oxygen atoms in total. The standard InChI is InChI=1S/C9H7ClN2O2S/c10-3-6(13)4-12-5-11-8-7(9(12)14)1-2-15-8/h1-2,5H,3-4H2. The number of carbonyl (C=O) groups is 1. The Kier molecular flexibility index (Phi) is 2.83. The van der Waals surface area contributed by atoms with Crippen molar-refractivity contribution in [1.29, 1.82) is 0 Å². The van der Waals surface area contributed by atoms with Crippen molar-refractivity contribution in [3.8, 4) is 0 Å². The Labute approximate surface area is 94.1 Å². The molecule has 15 heavy (non-hydrogen) atoms. The Hall–Kier alpha value is -1.20. The fraction of sp³-hybridized carbons (Fsp3) is 0.222. The first-order valence-corrected chi connectivity index (χ1v) is 5.64.